The van der Waals surface area contributed by atoms with Gasteiger partial charge in [0.25, 0.3) is 5.91 Å². The fraction of sp³-hybridized carbons (Fsp3) is 0.370. The molecule has 184 valence electrons. The van der Waals surface area contributed by atoms with E-state index in [0.717, 1.165) is 36.1 Å². The van der Waals surface area contributed by atoms with Gasteiger partial charge in [0.05, 0.1) is 18.4 Å². The Morgan fingerprint density at radius 2 is 1.80 bits per heavy atom. The first-order chi connectivity index (χ1) is 16.9. The van der Waals surface area contributed by atoms with Gasteiger partial charge in [-0.25, -0.2) is 4.79 Å². The summed E-state index contributed by atoms with van der Waals surface area (Å²) >= 11 is 2.79. The predicted molar refractivity (Wildman–Crippen MR) is 143 cm³/mol. The summed E-state index contributed by atoms with van der Waals surface area (Å²) in [5, 5.41) is 6.56. The summed E-state index contributed by atoms with van der Waals surface area (Å²) < 4.78 is 5.05. The molecule has 0 unspecified atom stereocenters. The quantitative estimate of drug-likeness (QED) is 0.359. The molecule has 3 aromatic rings. The molecule has 1 saturated carbocycles. The number of nitrogens with zero attached hydrogens (tertiary/aromatic N) is 1. The zero-order valence-corrected chi connectivity index (χ0v) is 21.8. The van der Waals surface area contributed by atoms with E-state index in [1.54, 1.807) is 16.3 Å². The van der Waals surface area contributed by atoms with Crippen LogP contribution in [0.3, 0.4) is 0 Å². The second kappa shape index (κ2) is 11.2. The summed E-state index contributed by atoms with van der Waals surface area (Å²) in [7, 11) is 1.36. The number of ether oxygens (including phenoxy) is 1. The number of anilines is 2. The number of nitrogens with one attached hydrogen (secondary N) is 1. The Balaban J connectivity index is 1.58. The average Bonchev–Trinajstić information content (AvgIpc) is 3.56. The average molecular weight is 511 g/mol. The number of esters is 1. The molecule has 0 spiro atoms. The van der Waals surface area contributed by atoms with Gasteiger partial charge < -0.3 is 15.0 Å². The van der Waals surface area contributed by atoms with Gasteiger partial charge in [-0.15, -0.1) is 11.3 Å². The minimum Gasteiger partial charge on any atom is -0.465 e. The molecule has 2 heterocycles. The Morgan fingerprint density at radius 3 is 2.40 bits per heavy atom. The molecule has 8 heteroatoms. The van der Waals surface area contributed by atoms with Crippen LogP contribution in [0.15, 0.2) is 47.2 Å². The topological polar surface area (TPSA) is 75.7 Å². The van der Waals surface area contributed by atoms with Crippen molar-refractivity contribution in [2.45, 2.75) is 39.5 Å². The second-order valence-electron chi connectivity index (χ2n) is 8.90. The summed E-state index contributed by atoms with van der Waals surface area (Å²) in [6.07, 6.45) is 3.89. The summed E-state index contributed by atoms with van der Waals surface area (Å²) in [4.78, 5) is 41.4. The van der Waals surface area contributed by atoms with Gasteiger partial charge in [-0.05, 0) is 73.7 Å². The molecular formula is C27H30N2O4S2. The first-order valence-electron chi connectivity index (χ1n) is 11.9. The number of carbonyl (C=O) groups is 3. The first-order valence-corrected chi connectivity index (χ1v) is 13.6. The van der Waals surface area contributed by atoms with E-state index in [2.05, 4.69) is 12.2 Å². The molecule has 0 radical (unpaired) electrons. The van der Waals surface area contributed by atoms with Gasteiger partial charge in [-0.3, -0.25) is 9.59 Å². The molecule has 2 amide bonds. The minimum absolute atomic E-state index is 0.00822. The highest BCUT2D eigenvalue weighted by Crippen LogP contribution is 2.39. The zero-order chi connectivity index (χ0) is 24.9. The standard InChI is InChI=1S/C27H30N2O4S2/c1-4-29(26(31)19-7-5-17(2)6-8-19)22-15-23(35-24(22)27(32)33-3)18-9-11-21(12-10-18)28-25(30)20-13-14-34-16-20/h9-17,19H,4-8H2,1-3H3,(H,28,30). The van der Waals surface area contributed by atoms with Crippen LogP contribution in [-0.2, 0) is 9.53 Å². The Labute approximate surface area is 213 Å². The molecule has 1 aromatic carbocycles. The first kappa shape index (κ1) is 25.1. The molecule has 1 fully saturated rings. The number of methoxy groups -OCH3 is 1. The summed E-state index contributed by atoms with van der Waals surface area (Å²) in [6, 6.07) is 11.2. The Morgan fingerprint density at radius 1 is 1.09 bits per heavy atom. The highest BCUT2D eigenvalue weighted by atomic mass is 32.1. The monoisotopic (exact) mass is 510 g/mol. The number of hydrogen-bond acceptors (Lipinski definition) is 6. The molecule has 0 saturated heterocycles. The lowest BCUT2D eigenvalue weighted by Gasteiger charge is -2.30. The van der Waals surface area contributed by atoms with Crippen LogP contribution < -0.4 is 10.2 Å². The van der Waals surface area contributed by atoms with E-state index in [1.165, 1.54) is 29.8 Å². The third-order valence-electron chi connectivity index (χ3n) is 6.53. The molecule has 2 aromatic heterocycles. The third-order valence-corrected chi connectivity index (χ3v) is 8.37. The van der Waals surface area contributed by atoms with Crippen molar-refractivity contribution in [1.29, 1.82) is 0 Å². The lowest BCUT2D eigenvalue weighted by molar-refractivity contribution is -0.123. The maximum Gasteiger partial charge on any atom is 0.350 e. The molecule has 1 aliphatic carbocycles. The molecule has 0 aliphatic heterocycles. The normalized spacial score (nSPS) is 17.6. The predicted octanol–water partition coefficient (Wildman–Crippen LogP) is 6.69. The van der Waals surface area contributed by atoms with Gasteiger partial charge in [0, 0.05) is 28.4 Å². The summed E-state index contributed by atoms with van der Waals surface area (Å²) in [5.74, 6) is 0.135. The van der Waals surface area contributed by atoms with Crippen molar-refractivity contribution < 1.29 is 19.1 Å². The van der Waals surface area contributed by atoms with E-state index in [0.29, 0.717) is 34.3 Å². The van der Waals surface area contributed by atoms with E-state index in [-0.39, 0.29) is 17.7 Å². The fourth-order valence-corrected chi connectivity index (χ4v) is 6.17. The van der Waals surface area contributed by atoms with Gasteiger partial charge >= 0.3 is 5.97 Å². The van der Waals surface area contributed by atoms with Gasteiger partial charge in [0.2, 0.25) is 5.91 Å². The number of amides is 2. The fourth-order valence-electron chi connectivity index (χ4n) is 4.45. The maximum atomic E-state index is 13.4. The van der Waals surface area contributed by atoms with Crippen molar-refractivity contribution in [3.8, 4) is 10.4 Å². The van der Waals surface area contributed by atoms with Gasteiger partial charge in [-0.1, -0.05) is 19.1 Å². The van der Waals surface area contributed by atoms with E-state index in [4.69, 9.17) is 4.74 Å². The maximum absolute atomic E-state index is 13.4. The van der Waals surface area contributed by atoms with E-state index in [9.17, 15) is 14.4 Å². The van der Waals surface area contributed by atoms with Crippen LogP contribution >= 0.6 is 22.7 Å². The van der Waals surface area contributed by atoms with Crippen LogP contribution in [0.2, 0.25) is 0 Å². The van der Waals surface area contributed by atoms with Crippen LogP contribution in [0.1, 0.15) is 59.6 Å². The number of hydrogen-bond donors (Lipinski definition) is 1. The molecule has 0 atom stereocenters. The number of rotatable bonds is 7. The highest BCUT2D eigenvalue weighted by molar-refractivity contribution is 7.18. The lowest BCUT2D eigenvalue weighted by Crippen LogP contribution is -2.38. The Hall–Kier alpha value is -2.97. The lowest BCUT2D eigenvalue weighted by atomic mass is 9.82. The molecule has 1 aliphatic rings. The smallest absolute Gasteiger partial charge is 0.350 e. The summed E-state index contributed by atoms with van der Waals surface area (Å²) in [5.41, 5.74) is 2.82. The van der Waals surface area contributed by atoms with Crippen LogP contribution in [0, 0.1) is 11.8 Å². The zero-order valence-electron chi connectivity index (χ0n) is 20.2. The summed E-state index contributed by atoms with van der Waals surface area (Å²) in [6.45, 7) is 4.66. The van der Waals surface area contributed by atoms with Crippen molar-refractivity contribution in [2.75, 3.05) is 23.9 Å². The van der Waals surface area contributed by atoms with E-state index in [1.807, 2.05) is 42.6 Å². The molecule has 0 bridgehead atoms. The largest absolute Gasteiger partial charge is 0.465 e. The van der Waals surface area contributed by atoms with Crippen molar-refractivity contribution in [3.05, 3.63) is 57.6 Å². The molecular weight excluding hydrogens is 480 g/mol. The van der Waals surface area contributed by atoms with Gasteiger partial charge in [0.1, 0.15) is 4.88 Å². The number of benzene rings is 1. The van der Waals surface area contributed by atoms with Crippen molar-refractivity contribution in [1.82, 2.24) is 0 Å². The van der Waals surface area contributed by atoms with Crippen molar-refractivity contribution >= 4 is 51.8 Å². The molecule has 6 nitrogen and oxygen atoms in total. The second-order valence-corrected chi connectivity index (χ2v) is 10.7. The van der Waals surface area contributed by atoms with Crippen molar-refractivity contribution in [2.24, 2.45) is 11.8 Å². The SMILES string of the molecule is CCN(C(=O)C1CCC(C)CC1)c1cc(-c2ccc(NC(=O)c3ccsc3)cc2)sc1C(=O)OC. The van der Waals surface area contributed by atoms with Crippen LogP contribution in [0.25, 0.3) is 10.4 Å². The van der Waals surface area contributed by atoms with E-state index >= 15 is 0 Å². The van der Waals surface area contributed by atoms with Crippen LogP contribution in [-0.4, -0.2) is 31.4 Å². The molecule has 35 heavy (non-hydrogen) atoms. The van der Waals surface area contributed by atoms with Crippen molar-refractivity contribution in [3.63, 3.8) is 0 Å². The highest BCUT2D eigenvalue weighted by Gasteiger charge is 2.31. The van der Waals surface area contributed by atoms with E-state index < -0.39 is 5.97 Å². The van der Waals surface area contributed by atoms with Gasteiger partial charge in [-0.2, -0.15) is 11.3 Å². The third kappa shape index (κ3) is 5.65. The molecule has 4 rings (SSSR count). The van der Waals surface area contributed by atoms with Crippen LogP contribution in [0.5, 0.6) is 0 Å². The minimum atomic E-state index is -0.445. The number of thiophene rings is 2. The Kier molecular flexibility index (Phi) is 8.03. The Bertz CT molecular complexity index is 1180. The van der Waals surface area contributed by atoms with Crippen LogP contribution in [0.4, 0.5) is 11.4 Å². The van der Waals surface area contributed by atoms with Gasteiger partial charge in [0.15, 0.2) is 0 Å². The number of carbonyl (C=O) groups excluding carboxylic acids is 3. The molecule has 1 N–H and O–H groups in total.